The van der Waals surface area contributed by atoms with Crippen molar-refractivity contribution in [3.05, 3.63) is 28.4 Å². The molecule has 6 nitrogen and oxygen atoms in total. The van der Waals surface area contributed by atoms with Gasteiger partial charge in [-0.15, -0.1) is 0 Å². The summed E-state index contributed by atoms with van der Waals surface area (Å²) >= 11 is 0. The van der Waals surface area contributed by atoms with Gasteiger partial charge in [-0.3, -0.25) is 10.1 Å². The molecular formula is C12H16N4O2. The molecule has 2 aliphatic heterocycles. The first kappa shape index (κ1) is 11.4. The Labute approximate surface area is 105 Å². The molecule has 6 heteroatoms. The molecule has 2 unspecified atom stereocenters. The average Bonchev–Trinajstić information content (AvgIpc) is 2.69. The zero-order chi connectivity index (χ0) is 12.5. The second-order valence-electron chi connectivity index (χ2n) is 5.08. The number of pyridine rings is 1. The predicted octanol–water partition coefficient (Wildman–Crippen LogP) is 1.68. The molecule has 2 saturated heterocycles. The molecule has 1 aromatic rings. The summed E-state index contributed by atoms with van der Waals surface area (Å²) in [4.78, 5) is 14.6. The molecule has 1 aromatic heterocycles. The molecule has 0 saturated carbocycles. The molecule has 2 N–H and O–H groups in total. The quantitative estimate of drug-likeness (QED) is 0.628. The Morgan fingerprint density at radius 1 is 1.39 bits per heavy atom. The van der Waals surface area contributed by atoms with Crippen LogP contribution in [-0.4, -0.2) is 28.0 Å². The molecule has 96 valence electrons. The summed E-state index contributed by atoms with van der Waals surface area (Å²) in [6.45, 7) is 0. The van der Waals surface area contributed by atoms with Gasteiger partial charge in [-0.2, -0.15) is 0 Å². The fraction of sp³-hybridized carbons (Fsp3) is 0.583. The number of rotatable bonds is 3. The average molecular weight is 248 g/mol. The minimum Gasteiger partial charge on any atom is -0.361 e. The molecular weight excluding hydrogens is 232 g/mol. The van der Waals surface area contributed by atoms with Crippen LogP contribution in [0.4, 0.5) is 11.5 Å². The van der Waals surface area contributed by atoms with Crippen LogP contribution < -0.4 is 10.6 Å². The predicted molar refractivity (Wildman–Crippen MR) is 67.5 cm³/mol. The minimum atomic E-state index is -0.384. The summed E-state index contributed by atoms with van der Waals surface area (Å²) < 4.78 is 0. The van der Waals surface area contributed by atoms with Gasteiger partial charge in [0.25, 0.3) is 0 Å². The maximum atomic E-state index is 10.9. The summed E-state index contributed by atoms with van der Waals surface area (Å²) in [5.74, 6) is 0.397. The van der Waals surface area contributed by atoms with Crippen molar-refractivity contribution in [3.63, 3.8) is 0 Å². The van der Waals surface area contributed by atoms with Gasteiger partial charge < -0.3 is 10.6 Å². The number of hydrogen-bond acceptors (Lipinski definition) is 5. The van der Waals surface area contributed by atoms with E-state index < -0.39 is 0 Å². The molecule has 0 radical (unpaired) electrons. The van der Waals surface area contributed by atoms with Gasteiger partial charge in [-0.1, -0.05) is 0 Å². The van der Waals surface area contributed by atoms with Crippen LogP contribution in [0.1, 0.15) is 25.7 Å². The lowest BCUT2D eigenvalue weighted by molar-refractivity contribution is -0.384. The van der Waals surface area contributed by atoms with Crippen molar-refractivity contribution in [2.24, 2.45) is 0 Å². The molecule has 2 bridgehead atoms. The largest absolute Gasteiger partial charge is 0.361 e. The second-order valence-corrected chi connectivity index (χ2v) is 5.08. The van der Waals surface area contributed by atoms with Crippen LogP contribution in [-0.2, 0) is 0 Å². The van der Waals surface area contributed by atoms with Crippen LogP contribution in [0.2, 0.25) is 0 Å². The lowest BCUT2D eigenvalue weighted by Gasteiger charge is -2.29. The second kappa shape index (κ2) is 4.53. The van der Waals surface area contributed by atoms with Gasteiger partial charge in [-0.25, -0.2) is 4.98 Å². The molecule has 0 amide bonds. The Morgan fingerprint density at radius 2 is 2.11 bits per heavy atom. The molecule has 2 aliphatic rings. The third-order valence-corrected chi connectivity index (χ3v) is 3.80. The van der Waals surface area contributed by atoms with Gasteiger partial charge in [0.15, 0.2) is 0 Å². The van der Waals surface area contributed by atoms with Crippen LogP contribution in [0.15, 0.2) is 18.3 Å². The number of piperidine rings is 1. The van der Waals surface area contributed by atoms with E-state index in [9.17, 15) is 10.1 Å². The molecule has 0 aromatic carbocycles. The highest BCUT2D eigenvalue weighted by Crippen LogP contribution is 2.30. The van der Waals surface area contributed by atoms with Crippen molar-refractivity contribution >= 4 is 11.5 Å². The third kappa shape index (κ3) is 2.15. The van der Waals surface area contributed by atoms with Gasteiger partial charge in [0.2, 0.25) is 5.82 Å². The van der Waals surface area contributed by atoms with Gasteiger partial charge in [0.1, 0.15) is 0 Å². The van der Waals surface area contributed by atoms with E-state index in [4.69, 9.17) is 0 Å². The summed E-state index contributed by atoms with van der Waals surface area (Å²) in [7, 11) is 0. The summed E-state index contributed by atoms with van der Waals surface area (Å²) in [5, 5.41) is 17.7. The van der Waals surface area contributed by atoms with Crippen LogP contribution in [0.25, 0.3) is 0 Å². The van der Waals surface area contributed by atoms with Crippen LogP contribution in [0.5, 0.6) is 0 Å². The summed E-state index contributed by atoms with van der Waals surface area (Å²) in [5.41, 5.74) is 0.0587. The Morgan fingerprint density at radius 3 is 2.78 bits per heavy atom. The highest BCUT2D eigenvalue weighted by atomic mass is 16.6. The Hall–Kier alpha value is -1.69. The van der Waals surface area contributed by atoms with E-state index >= 15 is 0 Å². The van der Waals surface area contributed by atoms with Crippen molar-refractivity contribution < 1.29 is 4.92 Å². The first-order chi connectivity index (χ1) is 8.72. The van der Waals surface area contributed by atoms with E-state index in [0.29, 0.717) is 17.9 Å². The molecule has 3 heterocycles. The fourth-order valence-electron chi connectivity index (χ4n) is 3.02. The van der Waals surface area contributed by atoms with E-state index in [1.165, 1.54) is 18.9 Å². The molecule has 0 spiro atoms. The van der Waals surface area contributed by atoms with Crippen molar-refractivity contribution in [1.82, 2.24) is 10.3 Å². The van der Waals surface area contributed by atoms with E-state index in [1.807, 2.05) is 0 Å². The number of anilines is 1. The maximum Gasteiger partial charge on any atom is 0.311 e. The van der Waals surface area contributed by atoms with Crippen molar-refractivity contribution in [1.29, 1.82) is 0 Å². The normalized spacial score (nSPS) is 30.1. The van der Waals surface area contributed by atoms with Gasteiger partial charge in [-0.05, 0) is 31.7 Å². The number of nitro groups is 1. The highest BCUT2D eigenvalue weighted by molar-refractivity contribution is 5.55. The number of fused-ring (bicyclic) bond motifs is 2. The van der Waals surface area contributed by atoms with Crippen LogP contribution in [0, 0.1) is 10.1 Å². The minimum absolute atomic E-state index is 0.0587. The number of nitrogens with zero attached hydrogens (tertiary/aromatic N) is 2. The maximum absolute atomic E-state index is 10.9. The third-order valence-electron chi connectivity index (χ3n) is 3.80. The van der Waals surface area contributed by atoms with Gasteiger partial charge >= 0.3 is 5.69 Å². The SMILES string of the molecule is O=[N+]([O-])c1cccnc1NC1CC2CCC(C1)N2. The highest BCUT2D eigenvalue weighted by Gasteiger charge is 2.34. The molecule has 18 heavy (non-hydrogen) atoms. The first-order valence-electron chi connectivity index (χ1n) is 6.34. The molecule has 0 aliphatic carbocycles. The monoisotopic (exact) mass is 248 g/mol. The van der Waals surface area contributed by atoms with Crippen molar-refractivity contribution in [2.75, 3.05) is 5.32 Å². The molecule has 3 rings (SSSR count). The molecule has 2 fully saturated rings. The van der Waals surface area contributed by atoms with Gasteiger partial charge in [0.05, 0.1) is 4.92 Å². The fourth-order valence-corrected chi connectivity index (χ4v) is 3.02. The standard InChI is InChI=1S/C12H16N4O2/c17-16(18)11-2-1-5-13-12(11)15-10-6-8-3-4-9(7-10)14-8/h1-2,5,8-10,14H,3-4,6-7H2,(H,13,15). The van der Waals surface area contributed by atoms with E-state index in [2.05, 4.69) is 15.6 Å². The Kier molecular flexibility index (Phi) is 2.87. The van der Waals surface area contributed by atoms with Crippen molar-refractivity contribution in [3.8, 4) is 0 Å². The zero-order valence-corrected chi connectivity index (χ0v) is 10.0. The van der Waals surface area contributed by atoms with Crippen LogP contribution >= 0.6 is 0 Å². The van der Waals surface area contributed by atoms with Crippen LogP contribution in [0.3, 0.4) is 0 Å². The van der Waals surface area contributed by atoms with E-state index in [-0.39, 0.29) is 16.7 Å². The lowest BCUT2D eigenvalue weighted by atomic mass is 10.00. The van der Waals surface area contributed by atoms with Crippen molar-refractivity contribution in [2.45, 2.75) is 43.8 Å². The smallest absolute Gasteiger partial charge is 0.311 e. The van der Waals surface area contributed by atoms with E-state index in [1.54, 1.807) is 12.3 Å². The zero-order valence-electron chi connectivity index (χ0n) is 10.0. The Bertz CT molecular complexity index is 453. The number of aromatic nitrogens is 1. The van der Waals surface area contributed by atoms with E-state index in [0.717, 1.165) is 12.8 Å². The topological polar surface area (TPSA) is 80.1 Å². The van der Waals surface area contributed by atoms with Gasteiger partial charge in [0, 0.05) is 30.4 Å². The summed E-state index contributed by atoms with van der Waals surface area (Å²) in [6.07, 6.45) is 6.06. The molecule has 2 atom stereocenters. The number of nitrogens with one attached hydrogen (secondary N) is 2. The first-order valence-corrected chi connectivity index (χ1v) is 6.34. The lowest BCUT2D eigenvalue weighted by Crippen LogP contribution is -2.43. The number of hydrogen-bond donors (Lipinski definition) is 2. The summed E-state index contributed by atoms with van der Waals surface area (Å²) in [6, 6.07) is 4.49. The Balaban J connectivity index is 1.75.